The molecule has 0 atom stereocenters. The second-order valence-corrected chi connectivity index (χ2v) is 3.79. The van der Waals surface area contributed by atoms with Gasteiger partial charge in [0.25, 0.3) is 0 Å². The Labute approximate surface area is 94.3 Å². The van der Waals surface area contributed by atoms with Gasteiger partial charge in [-0.2, -0.15) is 0 Å². The first-order valence-electron chi connectivity index (χ1n) is 5.42. The van der Waals surface area contributed by atoms with Crippen LogP contribution in [0.2, 0.25) is 0 Å². The number of methoxy groups -OCH3 is 1. The number of benzene rings is 1. The van der Waals surface area contributed by atoms with Gasteiger partial charge in [0, 0.05) is 23.1 Å². The zero-order valence-corrected chi connectivity index (χ0v) is 9.38. The summed E-state index contributed by atoms with van der Waals surface area (Å²) >= 11 is 0. The van der Waals surface area contributed by atoms with E-state index >= 15 is 0 Å². The van der Waals surface area contributed by atoms with Gasteiger partial charge in [0.1, 0.15) is 18.2 Å². The molecule has 0 bridgehead atoms. The molecule has 0 aliphatic carbocycles. The van der Waals surface area contributed by atoms with Gasteiger partial charge in [0.05, 0.1) is 13.7 Å². The van der Waals surface area contributed by atoms with Gasteiger partial charge in [-0.1, -0.05) is 0 Å². The van der Waals surface area contributed by atoms with Crippen LogP contribution in [0.4, 0.5) is 4.39 Å². The lowest BCUT2D eigenvalue weighted by atomic mass is 9.98. The molecule has 1 aromatic carbocycles. The average Bonchev–Trinajstić information content (AvgIpc) is 2.78. The molecule has 16 heavy (non-hydrogen) atoms. The number of rotatable bonds is 4. The Bertz CT molecular complexity index is 393. The molecule has 1 aliphatic heterocycles. The molecule has 0 aromatic heterocycles. The number of nitrogens with two attached hydrogens (primary N) is 1. The Morgan fingerprint density at radius 2 is 2.38 bits per heavy atom. The third-order valence-corrected chi connectivity index (χ3v) is 2.89. The van der Waals surface area contributed by atoms with E-state index in [0.29, 0.717) is 24.5 Å². The first kappa shape index (κ1) is 11.2. The summed E-state index contributed by atoms with van der Waals surface area (Å²) in [4.78, 5) is 0. The quantitative estimate of drug-likeness (QED) is 0.846. The zero-order chi connectivity index (χ0) is 11.5. The second-order valence-electron chi connectivity index (χ2n) is 3.79. The van der Waals surface area contributed by atoms with Gasteiger partial charge in [-0.3, -0.25) is 0 Å². The van der Waals surface area contributed by atoms with Crippen LogP contribution >= 0.6 is 0 Å². The summed E-state index contributed by atoms with van der Waals surface area (Å²) in [5.41, 5.74) is 8.28. The van der Waals surface area contributed by atoms with E-state index in [4.69, 9.17) is 15.2 Å². The van der Waals surface area contributed by atoms with E-state index in [1.54, 1.807) is 13.2 Å². The van der Waals surface area contributed by atoms with E-state index < -0.39 is 6.67 Å². The first-order valence-corrected chi connectivity index (χ1v) is 5.42. The fourth-order valence-corrected chi connectivity index (χ4v) is 2.19. The highest BCUT2D eigenvalue weighted by atomic mass is 19.1. The third kappa shape index (κ3) is 1.73. The maximum Gasteiger partial charge on any atom is 0.128 e. The molecule has 1 aromatic rings. The van der Waals surface area contributed by atoms with Crippen LogP contribution in [0.1, 0.15) is 16.7 Å². The van der Waals surface area contributed by atoms with Crippen molar-refractivity contribution in [2.45, 2.75) is 19.5 Å². The van der Waals surface area contributed by atoms with Gasteiger partial charge in [-0.25, -0.2) is 4.39 Å². The lowest BCUT2D eigenvalue weighted by Crippen LogP contribution is -2.07. The minimum Gasteiger partial charge on any atom is -0.496 e. The molecule has 0 fully saturated rings. The molecule has 4 heteroatoms. The van der Waals surface area contributed by atoms with E-state index in [1.807, 2.05) is 0 Å². The first-order chi connectivity index (χ1) is 7.81. The fourth-order valence-electron chi connectivity index (χ4n) is 2.19. The number of halogens is 1. The fraction of sp³-hybridized carbons (Fsp3) is 0.500. The highest BCUT2D eigenvalue weighted by Gasteiger charge is 2.23. The average molecular weight is 225 g/mol. The number of hydrogen-bond acceptors (Lipinski definition) is 3. The topological polar surface area (TPSA) is 44.5 Å². The van der Waals surface area contributed by atoms with E-state index in [2.05, 4.69) is 0 Å². The van der Waals surface area contributed by atoms with Gasteiger partial charge in [-0.05, 0) is 19.0 Å². The van der Waals surface area contributed by atoms with Crippen LogP contribution in [-0.2, 0) is 19.5 Å². The summed E-state index contributed by atoms with van der Waals surface area (Å²) < 4.78 is 23.6. The van der Waals surface area contributed by atoms with Crippen LogP contribution in [0.25, 0.3) is 0 Å². The Morgan fingerprint density at radius 1 is 1.56 bits per heavy atom. The van der Waals surface area contributed by atoms with Gasteiger partial charge in [-0.15, -0.1) is 0 Å². The summed E-state index contributed by atoms with van der Waals surface area (Å²) in [5.74, 6) is 1.43. The minimum atomic E-state index is -0.526. The molecule has 1 heterocycles. The largest absolute Gasteiger partial charge is 0.496 e. The van der Waals surface area contributed by atoms with Crippen molar-refractivity contribution in [1.29, 1.82) is 0 Å². The van der Waals surface area contributed by atoms with Crippen LogP contribution in [0, 0.1) is 0 Å². The summed E-state index contributed by atoms with van der Waals surface area (Å²) in [6.07, 6.45) is 1.55. The van der Waals surface area contributed by atoms with Crippen LogP contribution in [-0.4, -0.2) is 20.3 Å². The van der Waals surface area contributed by atoms with Crippen molar-refractivity contribution in [2.75, 3.05) is 20.3 Å². The van der Waals surface area contributed by atoms with E-state index in [-0.39, 0.29) is 0 Å². The number of ether oxygens (including phenoxy) is 2. The molecule has 0 radical (unpaired) electrons. The molecule has 0 saturated carbocycles. The molecular weight excluding hydrogens is 209 g/mol. The van der Waals surface area contributed by atoms with Crippen LogP contribution in [0.15, 0.2) is 6.07 Å². The van der Waals surface area contributed by atoms with Crippen molar-refractivity contribution >= 4 is 0 Å². The maximum absolute atomic E-state index is 12.9. The summed E-state index contributed by atoms with van der Waals surface area (Å²) in [6.45, 7) is 0.645. The van der Waals surface area contributed by atoms with Crippen LogP contribution in [0.3, 0.4) is 0 Å². The predicted molar refractivity (Wildman–Crippen MR) is 59.8 cm³/mol. The van der Waals surface area contributed by atoms with Gasteiger partial charge < -0.3 is 15.2 Å². The monoisotopic (exact) mass is 225 g/mol. The molecule has 0 amide bonds. The number of hydrogen-bond donors (Lipinski definition) is 1. The summed E-state index contributed by atoms with van der Waals surface area (Å²) in [7, 11) is 1.60. The summed E-state index contributed by atoms with van der Waals surface area (Å²) in [6, 6.07) is 1.72. The van der Waals surface area contributed by atoms with Crippen molar-refractivity contribution in [3.8, 4) is 11.5 Å². The number of alkyl halides is 1. The standard InChI is InChI=1S/C12H16FNO2/c1-15-11-6-8(7-13)12-10(3-5-16-12)9(11)2-4-14/h6H,2-5,7,14H2,1H3. The van der Waals surface area contributed by atoms with E-state index in [0.717, 1.165) is 29.7 Å². The lowest BCUT2D eigenvalue weighted by Gasteiger charge is -2.14. The predicted octanol–water partition coefficient (Wildman–Crippen LogP) is 1.60. The zero-order valence-electron chi connectivity index (χ0n) is 9.38. The van der Waals surface area contributed by atoms with Gasteiger partial charge in [0.2, 0.25) is 0 Å². The molecule has 0 spiro atoms. The molecule has 1 aliphatic rings. The minimum absolute atomic E-state index is 0.526. The van der Waals surface area contributed by atoms with Crippen LogP contribution < -0.4 is 15.2 Å². The Balaban J connectivity index is 2.54. The molecule has 2 rings (SSSR count). The highest BCUT2D eigenvalue weighted by molar-refractivity contribution is 5.55. The highest BCUT2D eigenvalue weighted by Crippen LogP contribution is 2.38. The van der Waals surface area contributed by atoms with Crippen molar-refractivity contribution in [1.82, 2.24) is 0 Å². The van der Waals surface area contributed by atoms with E-state index in [1.165, 1.54) is 0 Å². The molecule has 0 saturated heterocycles. The SMILES string of the molecule is COc1cc(CF)c2c(c1CCN)CCO2. The molecule has 0 unspecified atom stereocenters. The molecule has 3 nitrogen and oxygen atoms in total. The molecule has 88 valence electrons. The lowest BCUT2D eigenvalue weighted by molar-refractivity contribution is 0.345. The molecular formula is C12H16FNO2. The Hall–Kier alpha value is -1.29. The Kier molecular flexibility index (Phi) is 3.29. The van der Waals surface area contributed by atoms with Crippen molar-refractivity contribution in [3.05, 3.63) is 22.8 Å². The van der Waals surface area contributed by atoms with Crippen LogP contribution in [0.5, 0.6) is 11.5 Å². The molecule has 2 N–H and O–H groups in total. The van der Waals surface area contributed by atoms with Gasteiger partial charge >= 0.3 is 0 Å². The van der Waals surface area contributed by atoms with Crippen molar-refractivity contribution in [3.63, 3.8) is 0 Å². The van der Waals surface area contributed by atoms with E-state index in [9.17, 15) is 4.39 Å². The summed E-state index contributed by atoms with van der Waals surface area (Å²) in [5, 5.41) is 0. The normalized spacial score (nSPS) is 13.4. The Morgan fingerprint density at radius 3 is 3.00 bits per heavy atom. The second kappa shape index (κ2) is 4.70. The van der Waals surface area contributed by atoms with Gasteiger partial charge in [0.15, 0.2) is 0 Å². The maximum atomic E-state index is 12.9. The smallest absolute Gasteiger partial charge is 0.128 e. The number of fused-ring (bicyclic) bond motifs is 1. The van der Waals surface area contributed by atoms with Crippen molar-refractivity contribution < 1.29 is 13.9 Å². The van der Waals surface area contributed by atoms with Crippen molar-refractivity contribution in [2.24, 2.45) is 5.73 Å². The third-order valence-electron chi connectivity index (χ3n) is 2.89.